The molecule has 0 aliphatic carbocycles. The molecule has 1 N–H and O–H groups in total. The molecule has 0 radical (unpaired) electrons. The maximum absolute atomic E-state index is 3.62. The summed E-state index contributed by atoms with van der Waals surface area (Å²) >= 11 is 0. The van der Waals surface area contributed by atoms with Crippen LogP contribution in [0.25, 0.3) is 0 Å². The van der Waals surface area contributed by atoms with E-state index in [-0.39, 0.29) is 0 Å². The van der Waals surface area contributed by atoms with Crippen molar-refractivity contribution >= 4 is 0 Å². The van der Waals surface area contributed by atoms with Crippen LogP contribution in [0, 0.1) is 0 Å². The topological polar surface area (TPSA) is 18.5 Å². The highest BCUT2D eigenvalue weighted by Crippen LogP contribution is 2.10. The van der Waals surface area contributed by atoms with Crippen molar-refractivity contribution in [2.45, 2.75) is 45.6 Å². The van der Waals surface area contributed by atoms with Crippen LogP contribution < -0.4 is 5.32 Å². The minimum Gasteiger partial charge on any atom is -0.314 e. The number of hydrogen-bond donors (Lipinski definition) is 1. The van der Waals surface area contributed by atoms with Crippen molar-refractivity contribution < 1.29 is 0 Å². The van der Waals surface area contributed by atoms with Crippen molar-refractivity contribution in [1.29, 1.82) is 0 Å². The summed E-state index contributed by atoms with van der Waals surface area (Å²) in [7, 11) is 2.26. The molecule has 1 saturated heterocycles. The second-order valence-corrected chi connectivity index (χ2v) is 5.27. The molecule has 17 heavy (non-hydrogen) atoms. The highest BCUT2D eigenvalue weighted by molar-refractivity contribution is 4.73. The van der Waals surface area contributed by atoms with Gasteiger partial charge in [0.05, 0.1) is 0 Å². The summed E-state index contributed by atoms with van der Waals surface area (Å²) in [5, 5.41) is 3.62. The van der Waals surface area contributed by atoms with E-state index in [1.165, 1.54) is 65.0 Å². The molecule has 0 spiro atoms. The average Bonchev–Trinajstić information content (AvgIpc) is 2.39. The van der Waals surface area contributed by atoms with Gasteiger partial charge in [-0.05, 0) is 52.5 Å². The minimum atomic E-state index is 0.777. The first-order valence-corrected chi connectivity index (χ1v) is 7.40. The number of likely N-dealkylation sites (N-methyl/N-ethyl adjacent to an activating group) is 2. The van der Waals surface area contributed by atoms with E-state index in [9.17, 15) is 0 Å². The van der Waals surface area contributed by atoms with Gasteiger partial charge in [0.1, 0.15) is 0 Å². The smallest absolute Gasteiger partial charge is 0.0109 e. The first-order valence-electron chi connectivity index (χ1n) is 7.40. The van der Waals surface area contributed by atoms with Crippen molar-refractivity contribution in [3.8, 4) is 0 Å². The number of rotatable bonds is 8. The Bertz CT molecular complexity index is 174. The van der Waals surface area contributed by atoms with E-state index in [4.69, 9.17) is 0 Å². The SMILES string of the molecule is CCN(CC)CCN(C)CCC1CCCCN1. The molecule has 0 bridgehead atoms. The van der Waals surface area contributed by atoms with Crippen molar-refractivity contribution in [3.63, 3.8) is 0 Å². The quantitative estimate of drug-likeness (QED) is 0.699. The lowest BCUT2D eigenvalue weighted by molar-refractivity contribution is 0.229. The van der Waals surface area contributed by atoms with Crippen LogP contribution in [0.2, 0.25) is 0 Å². The summed E-state index contributed by atoms with van der Waals surface area (Å²) in [5.41, 5.74) is 0. The summed E-state index contributed by atoms with van der Waals surface area (Å²) in [6.45, 7) is 11.7. The van der Waals surface area contributed by atoms with Gasteiger partial charge in [0.2, 0.25) is 0 Å². The van der Waals surface area contributed by atoms with E-state index < -0.39 is 0 Å². The number of nitrogens with zero attached hydrogens (tertiary/aromatic N) is 2. The Hall–Kier alpha value is -0.120. The third kappa shape index (κ3) is 6.39. The fourth-order valence-corrected chi connectivity index (χ4v) is 2.51. The number of nitrogens with one attached hydrogen (secondary N) is 1. The summed E-state index contributed by atoms with van der Waals surface area (Å²) in [6.07, 6.45) is 5.48. The summed E-state index contributed by atoms with van der Waals surface area (Å²) in [5.74, 6) is 0. The van der Waals surface area contributed by atoms with Crippen LogP contribution in [-0.4, -0.2) is 62.2 Å². The fraction of sp³-hybridized carbons (Fsp3) is 1.00. The Balaban J connectivity index is 2.05. The van der Waals surface area contributed by atoms with Gasteiger partial charge in [-0.2, -0.15) is 0 Å². The lowest BCUT2D eigenvalue weighted by Gasteiger charge is -2.27. The van der Waals surface area contributed by atoms with Gasteiger partial charge in [-0.25, -0.2) is 0 Å². The zero-order chi connectivity index (χ0) is 12.5. The van der Waals surface area contributed by atoms with Gasteiger partial charge in [0.25, 0.3) is 0 Å². The molecular weight excluding hydrogens is 210 g/mol. The summed E-state index contributed by atoms with van der Waals surface area (Å²) in [6, 6.07) is 0.777. The molecule has 1 fully saturated rings. The molecule has 1 aliphatic rings. The third-order valence-electron chi connectivity index (χ3n) is 3.96. The van der Waals surface area contributed by atoms with E-state index in [2.05, 4.69) is 36.0 Å². The second kappa shape index (κ2) is 8.90. The van der Waals surface area contributed by atoms with Crippen LogP contribution >= 0.6 is 0 Å². The standard InChI is InChI=1S/C14H31N3/c1-4-17(5-2)13-12-16(3)11-9-14-8-6-7-10-15-14/h14-15H,4-13H2,1-3H3. The van der Waals surface area contributed by atoms with E-state index in [1.807, 2.05) is 0 Å². The number of hydrogen-bond acceptors (Lipinski definition) is 3. The van der Waals surface area contributed by atoms with Gasteiger partial charge < -0.3 is 15.1 Å². The van der Waals surface area contributed by atoms with Gasteiger partial charge >= 0.3 is 0 Å². The molecule has 3 heteroatoms. The van der Waals surface area contributed by atoms with Crippen LogP contribution in [0.15, 0.2) is 0 Å². The monoisotopic (exact) mass is 241 g/mol. The first-order chi connectivity index (χ1) is 8.26. The molecule has 1 rings (SSSR count). The van der Waals surface area contributed by atoms with Crippen molar-refractivity contribution in [2.75, 3.05) is 46.3 Å². The Morgan fingerprint density at radius 2 is 1.82 bits per heavy atom. The molecule has 1 aliphatic heterocycles. The molecule has 0 amide bonds. The van der Waals surface area contributed by atoms with Crippen LogP contribution in [-0.2, 0) is 0 Å². The van der Waals surface area contributed by atoms with Gasteiger partial charge in [0, 0.05) is 19.1 Å². The lowest BCUT2D eigenvalue weighted by Crippen LogP contribution is -2.38. The first kappa shape index (κ1) is 14.9. The zero-order valence-electron chi connectivity index (χ0n) is 12.0. The Labute approximate surface area is 108 Å². The predicted octanol–water partition coefficient (Wildman–Crippen LogP) is 1.79. The van der Waals surface area contributed by atoms with E-state index in [0.717, 1.165) is 6.04 Å². The molecule has 3 nitrogen and oxygen atoms in total. The van der Waals surface area contributed by atoms with E-state index in [0.29, 0.717) is 0 Å². The van der Waals surface area contributed by atoms with Crippen LogP contribution in [0.4, 0.5) is 0 Å². The summed E-state index contributed by atoms with van der Waals surface area (Å²) in [4.78, 5) is 4.98. The Morgan fingerprint density at radius 3 is 2.41 bits per heavy atom. The molecule has 1 atom stereocenters. The van der Waals surface area contributed by atoms with E-state index >= 15 is 0 Å². The van der Waals surface area contributed by atoms with Crippen molar-refractivity contribution in [2.24, 2.45) is 0 Å². The van der Waals surface area contributed by atoms with Gasteiger partial charge in [0.15, 0.2) is 0 Å². The largest absolute Gasteiger partial charge is 0.314 e. The minimum absolute atomic E-state index is 0.777. The van der Waals surface area contributed by atoms with Gasteiger partial charge in [-0.15, -0.1) is 0 Å². The Morgan fingerprint density at radius 1 is 1.06 bits per heavy atom. The predicted molar refractivity (Wildman–Crippen MR) is 75.5 cm³/mol. The van der Waals surface area contributed by atoms with Crippen molar-refractivity contribution in [1.82, 2.24) is 15.1 Å². The third-order valence-corrected chi connectivity index (χ3v) is 3.96. The normalized spacial score (nSPS) is 21.4. The van der Waals surface area contributed by atoms with Gasteiger partial charge in [-0.1, -0.05) is 20.3 Å². The highest BCUT2D eigenvalue weighted by atomic mass is 15.2. The molecule has 0 aromatic carbocycles. The highest BCUT2D eigenvalue weighted by Gasteiger charge is 2.12. The molecule has 102 valence electrons. The van der Waals surface area contributed by atoms with E-state index in [1.54, 1.807) is 0 Å². The molecule has 1 unspecified atom stereocenters. The van der Waals surface area contributed by atoms with Gasteiger partial charge in [-0.3, -0.25) is 0 Å². The van der Waals surface area contributed by atoms with Crippen LogP contribution in [0.5, 0.6) is 0 Å². The van der Waals surface area contributed by atoms with Crippen LogP contribution in [0.3, 0.4) is 0 Å². The molecule has 1 heterocycles. The lowest BCUT2D eigenvalue weighted by atomic mass is 10.0. The Kier molecular flexibility index (Phi) is 7.82. The maximum Gasteiger partial charge on any atom is 0.0109 e. The summed E-state index contributed by atoms with van der Waals surface area (Å²) < 4.78 is 0. The number of piperidine rings is 1. The fourth-order valence-electron chi connectivity index (χ4n) is 2.51. The zero-order valence-corrected chi connectivity index (χ0v) is 12.0. The molecule has 0 saturated carbocycles. The average molecular weight is 241 g/mol. The second-order valence-electron chi connectivity index (χ2n) is 5.27. The molecular formula is C14H31N3. The van der Waals surface area contributed by atoms with Crippen LogP contribution in [0.1, 0.15) is 39.5 Å². The van der Waals surface area contributed by atoms with Crippen molar-refractivity contribution in [3.05, 3.63) is 0 Å². The molecule has 0 aromatic rings. The maximum atomic E-state index is 3.62. The molecule has 0 aromatic heterocycles.